The van der Waals surface area contributed by atoms with Gasteiger partial charge < -0.3 is 25.4 Å². The van der Waals surface area contributed by atoms with Crippen LogP contribution in [-0.2, 0) is 11.2 Å². The van der Waals surface area contributed by atoms with Gasteiger partial charge in [-0.3, -0.25) is 14.7 Å². The van der Waals surface area contributed by atoms with Crippen molar-refractivity contribution < 1.29 is 19.1 Å². The van der Waals surface area contributed by atoms with Crippen molar-refractivity contribution in [3.8, 4) is 11.5 Å². The fourth-order valence-electron chi connectivity index (χ4n) is 2.93. The minimum absolute atomic E-state index is 0.0728. The quantitative estimate of drug-likeness (QED) is 0.221. The van der Waals surface area contributed by atoms with Crippen LogP contribution < -0.4 is 25.4 Å². The number of hydrogen-bond donors (Lipinski definition) is 3. The summed E-state index contributed by atoms with van der Waals surface area (Å²) in [5.41, 5.74) is 1.17. The first-order valence-electron chi connectivity index (χ1n) is 9.99. The Morgan fingerprint density at radius 3 is 2.72 bits per heavy atom. The summed E-state index contributed by atoms with van der Waals surface area (Å²) in [4.78, 5) is 28.9. The summed E-state index contributed by atoms with van der Waals surface area (Å²) in [6, 6.07) is 5.62. The molecule has 1 aliphatic heterocycles. The van der Waals surface area contributed by atoms with Crippen molar-refractivity contribution in [1.29, 1.82) is 0 Å². The van der Waals surface area contributed by atoms with Gasteiger partial charge in [0.15, 0.2) is 17.5 Å². The van der Waals surface area contributed by atoms with Crippen molar-refractivity contribution in [2.45, 2.75) is 26.7 Å². The predicted octanol–water partition coefficient (Wildman–Crippen LogP) is 1.13. The van der Waals surface area contributed by atoms with E-state index < -0.39 is 0 Å². The smallest absolute Gasteiger partial charge is 0.324 e. The summed E-state index contributed by atoms with van der Waals surface area (Å²) in [6.45, 7) is 6.72. The minimum atomic E-state index is -0.343. The molecule has 2 rings (SSSR count). The van der Waals surface area contributed by atoms with Crippen LogP contribution in [0.2, 0.25) is 0 Å². The number of urea groups is 1. The highest BCUT2D eigenvalue weighted by Gasteiger charge is 2.27. The van der Waals surface area contributed by atoms with Crippen LogP contribution in [0, 0.1) is 0 Å². The lowest BCUT2D eigenvalue weighted by Crippen LogP contribution is -2.43. The van der Waals surface area contributed by atoms with Crippen LogP contribution in [0.1, 0.15) is 25.8 Å². The first-order chi connectivity index (χ1) is 14.1. The van der Waals surface area contributed by atoms with Gasteiger partial charge in [-0.05, 0) is 44.4 Å². The summed E-state index contributed by atoms with van der Waals surface area (Å²) in [6.07, 6.45) is 1.75. The van der Waals surface area contributed by atoms with Gasteiger partial charge in [-0.2, -0.15) is 0 Å². The highest BCUT2D eigenvalue weighted by atomic mass is 16.5. The van der Waals surface area contributed by atoms with Gasteiger partial charge in [-0.25, -0.2) is 4.79 Å². The van der Waals surface area contributed by atoms with E-state index in [4.69, 9.17) is 9.47 Å². The van der Waals surface area contributed by atoms with Gasteiger partial charge in [0.2, 0.25) is 5.91 Å². The monoisotopic (exact) mass is 405 g/mol. The summed E-state index contributed by atoms with van der Waals surface area (Å²) >= 11 is 0. The molecule has 0 atom stereocenters. The number of hydrogen-bond acceptors (Lipinski definition) is 5. The van der Waals surface area contributed by atoms with Crippen LogP contribution in [0.15, 0.2) is 23.2 Å². The number of methoxy groups -OCH3 is 1. The molecule has 1 saturated heterocycles. The number of aliphatic imine (C=N–C) groups is 1. The Morgan fingerprint density at radius 2 is 2.07 bits per heavy atom. The number of imide groups is 1. The fourth-order valence-corrected chi connectivity index (χ4v) is 2.93. The number of nitrogens with zero attached hydrogens (tertiary/aromatic N) is 2. The number of carbonyl (C=O) groups excluding carboxylic acids is 2. The Kier molecular flexibility index (Phi) is 9.07. The first-order valence-corrected chi connectivity index (χ1v) is 9.99. The van der Waals surface area contributed by atoms with E-state index in [9.17, 15) is 9.59 Å². The topological polar surface area (TPSA) is 104 Å². The Morgan fingerprint density at radius 1 is 1.24 bits per heavy atom. The number of benzene rings is 1. The molecule has 160 valence electrons. The highest BCUT2D eigenvalue weighted by Crippen LogP contribution is 2.28. The number of rotatable bonds is 11. The molecule has 1 heterocycles. The van der Waals surface area contributed by atoms with Crippen molar-refractivity contribution in [2.75, 3.05) is 46.4 Å². The molecule has 1 fully saturated rings. The Hall–Kier alpha value is -2.97. The molecule has 0 aromatic heterocycles. The maximum atomic E-state index is 11.6. The van der Waals surface area contributed by atoms with Crippen LogP contribution in [0.3, 0.4) is 0 Å². The average molecular weight is 405 g/mol. The van der Waals surface area contributed by atoms with E-state index in [1.165, 1.54) is 10.5 Å². The lowest BCUT2D eigenvalue weighted by Gasteiger charge is -2.15. The summed E-state index contributed by atoms with van der Waals surface area (Å²) < 4.78 is 10.9. The molecule has 0 bridgehead atoms. The van der Waals surface area contributed by atoms with Gasteiger partial charge in [0, 0.05) is 26.2 Å². The fraction of sp³-hybridized carbons (Fsp3) is 0.550. The SMILES string of the molecule is CCNC(=NCCCc1ccc(OC)c(OCC)c1)NCCN1C(=O)CNC1=O. The molecule has 0 radical (unpaired) electrons. The molecule has 29 heavy (non-hydrogen) atoms. The molecule has 0 saturated carbocycles. The van der Waals surface area contributed by atoms with Gasteiger partial charge in [0.1, 0.15) is 0 Å². The molecule has 0 unspecified atom stereocenters. The van der Waals surface area contributed by atoms with E-state index in [0.29, 0.717) is 32.2 Å². The van der Waals surface area contributed by atoms with E-state index in [1.54, 1.807) is 7.11 Å². The van der Waals surface area contributed by atoms with E-state index in [-0.39, 0.29) is 18.5 Å². The normalized spacial score (nSPS) is 14.0. The van der Waals surface area contributed by atoms with Crippen molar-refractivity contribution in [3.05, 3.63) is 23.8 Å². The predicted molar refractivity (Wildman–Crippen MR) is 112 cm³/mol. The number of amides is 3. The Bertz CT molecular complexity index is 707. The first kappa shape index (κ1) is 22.3. The van der Waals surface area contributed by atoms with Gasteiger partial charge in [-0.1, -0.05) is 6.07 Å². The molecular formula is C20H31N5O4. The van der Waals surface area contributed by atoms with E-state index >= 15 is 0 Å². The molecule has 1 aliphatic rings. The number of aryl methyl sites for hydroxylation is 1. The third-order valence-electron chi connectivity index (χ3n) is 4.33. The second-order valence-corrected chi connectivity index (χ2v) is 6.41. The zero-order valence-electron chi connectivity index (χ0n) is 17.4. The van der Waals surface area contributed by atoms with Gasteiger partial charge >= 0.3 is 6.03 Å². The summed E-state index contributed by atoms with van der Waals surface area (Å²) in [5, 5.41) is 8.83. The van der Waals surface area contributed by atoms with Gasteiger partial charge in [-0.15, -0.1) is 0 Å². The summed E-state index contributed by atoms with van der Waals surface area (Å²) in [5.74, 6) is 1.96. The number of guanidine groups is 1. The Balaban J connectivity index is 1.80. The van der Waals surface area contributed by atoms with Crippen molar-refractivity contribution in [3.63, 3.8) is 0 Å². The third kappa shape index (κ3) is 6.85. The van der Waals surface area contributed by atoms with E-state index in [2.05, 4.69) is 20.9 Å². The van der Waals surface area contributed by atoms with Gasteiger partial charge in [0.25, 0.3) is 0 Å². The lowest BCUT2D eigenvalue weighted by atomic mass is 10.1. The van der Waals surface area contributed by atoms with Crippen LogP contribution in [-0.4, -0.2) is 69.2 Å². The third-order valence-corrected chi connectivity index (χ3v) is 4.33. The zero-order chi connectivity index (χ0) is 21.1. The van der Waals surface area contributed by atoms with E-state index in [1.807, 2.05) is 32.0 Å². The number of ether oxygens (including phenoxy) is 2. The molecule has 9 nitrogen and oxygen atoms in total. The maximum Gasteiger partial charge on any atom is 0.324 e. The molecule has 1 aromatic rings. The molecular weight excluding hydrogens is 374 g/mol. The van der Waals surface area contributed by atoms with Crippen molar-refractivity contribution >= 4 is 17.9 Å². The number of nitrogens with one attached hydrogen (secondary N) is 3. The molecule has 0 aliphatic carbocycles. The summed E-state index contributed by atoms with van der Waals surface area (Å²) in [7, 11) is 1.63. The molecule has 0 spiro atoms. The second kappa shape index (κ2) is 11.8. The van der Waals surface area contributed by atoms with Gasteiger partial charge in [0.05, 0.1) is 20.3 Å². The minimum Gasteiger partial charge on any atom is -0.493 e. The average Bonchev–Trinajstić information content (AvgIpc) is 3.03. The van der Waals surface area contributed by atoms with Crippen molar-refractivity contribution in [1.82, 2.24) is 20.9 Å². The van der Waals surface area contributed by atoms with Crippen LogP contribution in [0.25, 0.3) is 0 Å². The number of carbonyl (C=O) groups is 2. The molecule has 1 aromatic carbocycles. The largest absolute Gasteiger partial charge is 0.493 e. The molecule has 3 amide bonds. The van der Waals surface area contributed by atoms with Crippen LogP contribution in [0.4, 0.5) is 4.79 Å². The van der Waals surface area contributed by atoms with Crippen LogP contribution in [0.5, 0.6) is 11.5 Å². The maximum absolute atomic E-state index is 11.6. The zero-order valence-corrected chi connectivity index (χ0v) is 17.4. The second-order valence-electron chi connectivity index (χ2n) is 6.41. The highest BCUT2D eigenvalue weighted by molar-refractivity contribution is 6.01. The molecule has 3 N–H and O–H groups in total. The Labute approximate surface area is 171 Å². The lowest BCUT2D eigenvalue weighted by molar-refractivity contribution is -0.124. The van der Waals surface area contributed by atoms with E-state index in [0.717, 1.165) is 30.9 Å². The standard InChI is InChI=1S/C20H31N5O4/c1-4-21-19(23-11-12-25-18(26)14-24-20(25)27)22-10-6-7-15-8-9-16(28-3)17(13-15)29-5-2/h8-9,13H,4-7,10-12,14H2,1-3H3,(H,24,27)(H2,21,22,23). The molecule has 9 heteroatoms. The van der Waals surface area contributed by atoms with Crippen LogP contribution >= 0.6 is 0 Å². The van der Waals surface area contributed by atoms with Crippen molar-refractivity contribution in [2.24, 2.45) is 4.99 Å².